The average molecular weight is 531 g/mol. The number of nitrogens with zero attached hydrogens (tertiary/aromatic N) is 6. The zero-order valence-corrected chi connectivity index (χ0v) is 21.7. The van der Waals surface area contributed by atoms with Crippen molar-refractivity contribution in [3.63, 3.8) is 0 Å². The number of halogens is 2. The summed E-state index contributed by atoms with van der Waals surface area (Å²) < 4.78 is 12.9. The third kappa shape index (κ3) is 7.15. The van der Waals surface area contributed by atoms with Crippen LogP contribution in [0.3, 0.4) is 0 Å². The number of hydrogen-bond acceptors (Lipinski definition) is 7. The smallest absolute Gasteiger partial charge is 0.233 e. The van der Waals surface area contributed by atoms with Gasteiger partial charge in [0.05, 0.1) is 19.3 Å². The molecule has 1 saturated heterocycles. The van der Waals surface area contributed by atoms with Crippen molar-refractivity contribution in [3.05, 3.63) is 90.3 Å². The van der Waals surface area contributed by atoms with Crippen molar-refractivity contribution in [3.8, 4) is 5.88 Å². The van der Waals surface area contributed by atoms with Gasteiger partial charge in [-0.25, -0.2) is 4.98 Å². The first-order chi connectivity index (χ1) is 16.9. The standard InChI is InChI=1S/C26H30N6O2.2ClH/c1-3-7-22(8-4-1)26(23-9-5-2-6-10-23)31-15-13-30(14-16-31)17-18-33-19-20-34-25-12-11-24-27-21-28-32(24)29-25;;/h1-12,21,26H,13-20H2;2*1H. The van der Waals surface area contributed by atoms with Crippen LogP contribution in [0.5, 0.6) is 5.88 Å². The summed E-state index contributed by atoms with van der Waals surface area (Å²) in [6, 6.07) is 25.5. The summed E-state index contributed by atoms with van der Waals surface area (Å²) in [4.78, 5) is 9.14. The molecule has 192 valence electrons. The van der Waals surface area contributed by atoms with Crippen LogP contribution in [0.15, 0.2) is 79.1 Å². The molecule has 0 saturated carbocycles. The van der Waals surface area contributed by atoms with E-state index in [2.05, 4.69) is 85.6 Å². The maximum atomic E-state index is 5.80. The van der Waals surface area contributed by atoms with Crippen LogP contribution in [0.4, 0.5) is 0 Å². The van der Waals surface area contributed by atoms with Crippen LogP contribution in [0.1, 0.15) is 17.2 Å². The van der Waals surface area contributed by atoms with Crippen LogP contribution in [0.2, 0.25) is 0 Å². The summed E-state index contributed by atoms with van der Waals surface area (Å²) in [5, 5.41) is 8.26. The van der Waals surface area contributed by atoms with Crippen molar-refractivity contribution in [2.75, 3.05) is 52.5 Å². The molecule has 4 aromatic rings. The minimum Gasteiger partial charge on any atom is -0.474 e. The molecule has 1 fully saturated rings. The second-order valence-electron chi connectivity index (χ2n) is 8.34. The Balaban J connectivity index is 0.00000180. The van der Waals surface area contributed by atoms with Gasteiger partial charge in [0, 0.05) is 38.8 Å². The van der Waals surface area contributed by atoms with E-state index in [0.29, 0.717) is 37.4 Å². The van der Waals surface area contributed by atoms with Gasteiger partial charge in [0.2, 0.25) is 5.88 Å². The Morgan fingerprint density at radius 3 is 2.08 bits per heavy atom. The molecule has 2 aromatic heterocycles. The van der Waals surface area contributed by atoms with Gasteiger partial charge in [0.25, 0.3) is 0 Å². The van der Waals surface area contributed by atoms with Gasteiger partial charge in [-0.1, -0.05) is 60.7 Å². The summed E-state index contributed by atoms with van der Waals surface area (Å²) in [6.45, 7) is 6.76. The molecule has 0 N–H and O–H groups in total. The van der Waals surface area contributed by atoms with Crippen molar-refractivity contribution in [2.24, 2.45) is 0 Å². The number of rotatable bonds is 10. The summed E-state index contributed by atoms with van der Waals surface area (Å²) in [7, 11) is 0. The third-order valence-corrected chi connectivity index (χ3v) is 6.16. The minimum atomic E-state index is 0. The lowest BCUT2D eigenvalue weighted by atomic mass is 9.96. The number of piperazine rings is 1. The second kappa shape index (κ2) is 14.1. The molecule has 5 rings (SSSR count). The van der Waals surface area contributed by atoms with Gasteiger partial charge in [0.15, 0.2) is 5.65 Å². The van der Waals surface area contributed by atoms with E-state index in [1.807, 2.05) is 6.07 Å². The zero-order chi connectivity index (χ0) is 23.0. The average Bonchev–Trinajstić information content (AvgIpc) is 3.36. The Morgan fingerprint density at radius 2 is 1.42 bits per heavy atom. The van der Waals surface area contributed by atoms with Crippen LogP contribution in [0, 0.1) is 0 Å². The van der Waals surface area contributed by atoms with Crippen molar-refractivity contribution in [1.29, 1.82) is 0 Å². The summed E-state index contributed by atoms with van der Waals surface area (Å²) in [5.74, 6) is 0.518. The Bertz CT molecular complexity index is 1120. The van der Waals surface area contributed by atoms with Gasteiger partial charge in [-0.3, -0.25) is 9.80 Å². The third-order valence-electron chi connectivity index (χ3n) is 6.16. The van der Waals surface area contributed by atoms with Crippen LogP contribution in [0.25, 0.3) is 5.65 Å². The number of hydrogen-bond donors (Lipinski definition) is 0. The molecular weight excluding hydrogens is 499 g/mol. The fourth-order valence-corrected chi connectivity index (χ4v) is 4.41. The number of ether oxygens (including phenoxy) is 2. The first kappa shape index (κ1) is 27.8. The molecule has 0 aliphatic carbocycles. The van der Waals surface area contributed by atoms with E-state index in [1.165, 1.54) is 22.1 Å². The molecule has 0 unspecified atom stereocenters. The van der Waals surface area contributed by atoms with Gasteiger partial charge in [-0.15, -0.1) is 39.6 Å². The van der Waals surface area contributed by atoms with Gasteiger partial charge in [0.1, 0.15) is 12.9 Å². The Kier molecular flexibility index (Phi) is 10.9. The van der Waals surface area contributed by atoms with Crippen LogP contribution < -0.4 is 4.74 Å². The monoisotopic (exact) mass is 530 g/mol. The predicted octanol–water partition coefficient (Wildman–Crippen LogP) is 3.77. The normalized spacial score (nSPS) is 14.4. The summed E-state index contributed by atoms with van der Waals surface area (Å²) in [5.41, 5.74) is 3.40. The molecule has 3 heterocycles. The maximum absolute atomic E-state index is 5.80. The SMILES string of the molecule is Cl.Cl.c1ccc(C(c2ccccc2)N2CCN(CCOCCOc3ccc4ncnn4n3)CC2)cc1. The largest absolute Gasteiger partial charge is 0.474 e. The Morgan fingerprint density at radius 1 is 0.750 bits per heavy atom. The Hall–Kier alpha value is -2.75. The molecule has 1 aliphatic heterocycles. The minimum absolute atomic E-state index is 0. The van der Waals surface area contributed by atoms with E-state index in [9.17, 15) is 0 Å². The second-order valence-corrected chi connectivity index (χ2v) is 8.34. The topological polar surface area (TPSA) is 68.0 Å². The molecule has 36 heavy (non-hydrogen) atoms. The lowest BCUT2D eigenvalue weighted by Gasteiger charge is -2.39. The van der Waals surface area contributed by atoms with Gasteiger partial charge in [-0.05, 0) is 17.2 Å². The molecule has 0 amide bonds. The van der Waals surface area contributed by atoms with E-state index >= 15 is 0 Å². The molecule has 0 atom stereocenters. The first-order valence-corrected chi connectivity index (χ1v) is 11.8. The molecule has 0 spiro atoms. The predicted molar refractivity (Wildman–Crippen MR) is 144 cm³/mol. The van der Waals surface area contributed by atoms with E-state index in [1.54, 1.807) is 6.07 Å². The molecule has 10 heteroatoms. The first-order valence-electron chi connectivity index (χ1n) is 11.8. The van der Waals surface area contributed by atoms with Gasteiger partial charge in [-0.2, -0.15) is 0 Å². The quantitative estimate of drug-likeness (QED) is 0.289. The fraction of sp³-hybridized carbons (Fsp3) is 0.346. The molecule has 0 radical (unpaired) electrons. The van der Waals surface area contributed by atoms with Crippen LogP contribution >= 0.6 is 24.8 Å². The summed E-state index contributed by atoms with van der Waals surface area (Å²) in [6.07, 6.45) is 1.47. The highest BCUT2D eigenvalue weighted by molar-refractivity contribution is 5.85. The van der Waals surface area contributed by atoms with E-state index in [-0.39, 0.29) is 24.8 Å². The van der Waals surface area contributed by atoms with Crippen LogP contribution in [-0.2, 0) is 4.74 Å². The molecule has 2 aromatic carbocycles. The van der Waals surface area contributed by atoms with E-state index in [0.717, 1.165) is 32.7 Å². The number of fused-ring (bicyclic) bond motifs is 1. The Labute approximate surface area is 224 Å². The van der Waals surface area contributed by atoms with Gasteiger partial charge < -0.3 is 9.47 Å². The highest BCUT2D eigenvalue weighted by Crippen LogP contribution is 2.29. The highest BCUT2D eigenvalue weighted by Gasteiger charge is 2.26. The lowest BCUT2D eigenvalue weighted by Crippen LogP contribution is -2.48. The van der Waals surface area contributed by atoms with Crippen molar-refractivity contribution in [1.82, 2.24) is 29.6 Å². The molecular formula is C26H32Cl2N6O2. The molecule has 1 aliphatic rings. The highest BCUT2D eigenvalue weighted by atomic mass is 35.5. The van der Waals surface area contributed by atoms with Crippen LogP contribution in [-0.4, -0.2) is 82.2 Å². The number of benzene rings is 2. The zero-order valence-electron chi connectivity index (χ0n) is 20.1. The number of aromatic nitrogens is 4. The van der Waals surface area contributed by atoms with Crippen molar-refractivity contribution in [2.45, 2.75) is 6.04 Å². The lowest BCUT2D eigenvalue weighted by molar-refractivity contribution is 0.0548. The fourth-order valence-electron chi connectivity index (χ4n) is 4.41. The summed E-state index contributed by atoms with van der Waals surface area (Å²) >= 11 is 0. The van der Waals surface area contributed by atoms with Crippen molar-refractivity contribution >= 4 is 30.5 Å². The molecule has 8 nitrogen and oxygen atoms in total. The van der Waals surface area contributed by atoms with Crippen molar-refractivity contribution < 1.29 is 9.47 Å². The van der Waals surface area contributed by atoms with E-state index in [4.69, 9.17) is 9.47 Å². The van der Waals surface area contributed by atoms with E-state index < -0.39 is 0 Å². The van der Waals surface area contributed by atoms with Gasteiger partial charge >= 0.3 is 0 Å². The maximum Gasteiger partial charge on any atom is 0.233 e. The molecule has 0 bridgehead atoms.